The summed E-state index contributed by atoms with van der Waals surface area (Å²) >= 11 is 1.41. The highest BCUT2D eigenvalue weighted by Crippen LogP contribution is 2.23. The first kappa shape index (κ1) is 15.0. The van der Waals surface area contributed by atoms with Crippen molar-refractivity contribution in [3.05, 3.63) is 35.5 Å². The van der Waals surface area contributed by atoms with Gasteiger partial charge >= 0.3 is 0 Å². The molecular weight excluding hydrogens is 296 g/mol. The van der Waals surface area contributed by atoms with Crippen LogP contribution in [0.25, 0.3) is 0 Å². The maximum absolute atomic E-state index is 12.1. The maximum atomic E-state index is 12.1. The van der Waals surface area contributed by atoms with Gasteiger partial charge < -0.3 is 10.6 Å². The zero-order valence-electron chi connectivity index (χ0n) is 12.4. The molecular formula is C16H20N4OS. The summed E-state index contributed by atoms with van der Waals surface area (Å²) in [6.07, 6.45) is 8.07. The number of thiazole rings is 1. The lowest BCUT2D eigenvalue weighted by molar-refractivity contribution is 0.0939. The van der Waals surface area contributed by atoms with Crippen LogP contribution in [-0.2, 0) is 0 Å². The number of nitrogens with one attached hydrogen (secondary N) is 2. The number of rotatable bonds is 5. The van der Waals surface area contributed by atoms with Gasteiger partial charge in [0, 0.05) is 18.1 Å². The fourth-order valence-corrected chi connectivity index (χ4v) is 3.40. The number of hydrogen-bond acceptors (Lipinski definition) is 5. The lowest BCUT2D eigenvalue weighted by Gasteiger charge is -2.21. The standard InChI is InChI=1S/C16H20N4OS/c21-15(18-10-12-6-2-1-3-7-12)13-11-22-16(19-13)20-14-8-4-5-9-17-14/h4-5,8-9,11-12H,1-3,6-7,10H2,(H,18,21)(H,17,19,20). The van der Waals surface area contributed by atoms with Gasteiger partial charge in [0.25, 0.3) is 5.91 Å². The molecule has 0 radical (unpaired) electrons. The predicted octanol–water partition coefficient (Wildman–Crippen LogP) is 3.59. The topological polar surface area (TPSA) is 66.9 Å². The molecule has 3 rings (SSSR count). The number of anilines is 2. The maximum Gasteiger partial charge on any atom is 0.270 e. The number of amides is 1. The van der Waals surface area contributed by atoms with Crippen LogP contribution in [0.5, 0.6) is 0 Å². The number of nitrogens with zero attached hydrogens (tertiary/aromatic N) is 2. The Balaban J connectivity index is 1.52. The van der Waals surface area contributed by atoms with Crippen molar-refractivity contribution < 1.29 is 4.79 Å². The van der Waals surface area contributed by atoms with Gasteiger partial charge in [0.1, 0.15) is 11.5 Å². The molecule has 22 heavy (non-hydrogen) atoms. The van der Waals surface area contributed by atoms with Crippen LogP contribution in [0.15, 0.2) is 29.8 Å². The minimum absolute atomic E-state index is 0.0871. The van der Waals surface area contributed by atoms with E-state index < -0.39 is 0 Å². The second-order valence-electron chi connectivity index (χ2n) is 5.59. The van der Waals surface area contributed by atoms with Crippen LogP contribution in [-0.4, -0.2) is 22.4 Å². The highest BCUT2D eigenvalue weighted by molar-refractivity contribution is 7.14. The zero-order valence-corrected chi connectivity index (χ0v) is 13.2. The molecule has 1 amide bonds. The van der Waals surface area contributed by atoms with Gasteiger partial charge in [0.15, 0.2) is 5.13 Å². The third-order valence-electron chi connectivity index (χ3n) is 3.91. The highest BCUT2D eigenvalue weighted by Gasteiger charge is 2.16. The fraction of sp³-hybridized carbons (Fsp3) is 0.438. The minimum Gasteiger partial charge on any atom is -0.350 e. The third-order valence-corrected chi connectivity index (χ3v) is 4.67. The Morgan fingerprint density at radius 2 is 2.14 bits per heavy atom. The summed E-state index contributed by atoms with van der Waals surface area (Å²) in [6.45, 7) is 0.763. The molecule has 5 nitrogen and oxygen atoms in total. The van der Waals surface area contributed by atoms with Crippen molar-refractivity contribution in [1.29, 1.82) is 0 Å². The van der Waals surface area contributed by atoms with E-state index in [1.54, 1.807) is 11.6 Å². The third kappa shape index (κ3) is 4.04. The van der Waals surface area contributed by atoms with E-state index in [4.69, 9.17) is 0 Å². The van der Waals surface area contributed by atoms with E-state index in [-0.39, 0.29) is 5.91 Å². The normalized spacial score (nSPS) is 15.5. The van der Waals surface area contributed by atoms with Gasteiger partial charge in [-0.15, -0.1) is 11.3 Å². The zero-order chi connectivity index (χ0) is 15.2. The molecule has 2 aromatic rings. The molecule has 0 saturated heterocycles. The Labute approximate surface area is 134 Å². The molecule has 1 fully saturated rings. The summed E-state index contributed by atoms with van der Waals surface area (Å²) in [5, 5.41) is 8.57. The van der Waals surface area contributed by atoms with Crippen LogP contribution < -0.4 is 10.6 Å². The molecule has 2 heterocycles. The largest absolute Gasteiger partial charge is 0.350 e. The van der Waals surface area contributed by atoms with Gasteiger partial charge in [-0.3, -0.25) is 4.79 Å². The van der Waals surface area contributed by atoms with Crippen molar-refractivity contribution in [3.63, 3.8) is 0 Å². The van der Waals surface area contributed by atoms with Crippen LogP contribution in [0.1, 0.15) is 42.6 Å². The Hall–Kier alpha value is -1.95. The summed E-state index contributed by atoms with van der Waals surface area (Å²) < 4.78 is 0. The molecule has 0 aliphatic heterocycles. The number of carbonyl (C=O) groups is 1. The first-order valence-corrected chi connectivity index (χ1v) is 8.61. The summed E-state index contributed by atoms with van der Waals surface area (Å²) in [7, 11) is 0. The second-order valence-corrected chi connectivity index (χ2v) is 6.45. The minimum atomic E-state index is -0.0871. The van der Waals surface area contributed by atoms with Crippen LogP contribution in [0.4, 0.5) is 10.9 Å². The molecule has 2 N–H and O–H groups in total. The smallest absolute Gasteiger partial charge is 0.270 e. The van der Waals surface area contributed by atoms with E-state index in [2.05, 4.69) is 20.6 Å². The van der Waals surface area contributed by atoms with E-state index in [1.165, 1.54) is 43.4 Å². The first-order chi connectivity index (χ1) is 10.8. The Kier molecular flexibility index (Phi) is 5.00. The van der Waals surface area contributed by atoms with Gasteiger partial charge in [-0.1, -0.05) is 25.3 Å². The predicted molar refractivity (Wildman–Crippen MR) is 88.5 cm³/mol. The van der Waals surface area contributed by atoms with Crippen LogP contribution in [0.2, 0.25) is 0 Å². The van der Waals surface area contributed by atoms with E-state index >= 15 is 0 Å². The molecule has 0 atom stereocenters. The molecule has 0 bridgehead atoms. The molecule has 1 aliphatic rings. The van der Waals surface area contributed by atoms with Crippen molar-refractivity contribution in [2.24, 2.45) is 5.92 Å². The lowest BCUT2D eigenvalue weighted by atomic mass is 9.89. The van der Waals surface area contributed by atoms with Gasteiger partial charge in [-0.2, -0.15) is 0 Å². The first-order valence-electron chi connectivity index (χ1n) is 7.73. The average Bonchev–Trinajstić information content (AvgIpc) is 3.03. The summed E-state index contributed by atoms with van der Waals surface area (Å²) in [4.78, 5) is 20.6. The quantitative estimate of drug-likeness (QED) is 0.884. The number of aromatic nitrogens is 2. The summed E-state index contributed by atoms with van der Waals surface area (Å²) in [5.41, 5.74) is 0.472. The Morgan fingerprint density at radius 1 is 1.27 bits per heavy atom. The van der Waals surface area contributed by atoms with Gasteiger partial charge in [-0.25, -0.2) is 9.97 Å². The molecule has 2 aromatic heterocycles. The monoisotopic (exact) mass is 316 g/mol. The molecule has 116 valence electrons. The van der Waals surface area contributed by atoms with Gasteiger partial charge in [0.2, 0.25) is 0 Å². The Bertz CT molecular complexity index is 608. The molecule has 6 heteroatoms. The van der Waals surface area contributed by atoms with Crippen molar-refractivity contribution in [2.45, 2.75) is 32.1 Å². The summed E-state index contributed by atoms with van der Waals surface area (Å²) in [6, 6.07) is 5.63. The molecule has 1 saturated carbocycles. The lowest BCUT2D eigenvalue weighted by Crippen LogP contribution is -2.30. The number of pyridine rings is 1. The number of carbonyl (C=O) groups excluding carboxylic acids is 1. The van der Waals surface area contributed by atoms with Crippen molar-refractivity contribution >= 4 is 28.2 Å². The van der Waals surface area contributed by atoms with E-state index in [1.807, 2.05) is 18.2 Å². The highest BCUT2D eigenvalue weighted by atomic mass is 32.1. The van der Waals surface area contributed by atoms with Crippen molar-refractivity contribution in [1.82, 2.24) is 15.3 Å². The molecule has 0 unspecified atom stereocenters. The fourth-order valence-electron chi connectivity index (χ4n) is 2.70. The van der Waals surface area contributed by atoms with Crippen LogP contribution in [0.3, 0.4) is 0 Å². The van der Waals surface area contributed by atoms with E-state index in [9.17, 15) is 4.79 Å². The van der Waals surface area contributed by atoms with E-state index in [0.29, 0.717) is 16.7 Å². The second kappa shape index (κ2) is 7.35. The average molecular weight is 316 g/mol. The number of hydrogen-bond donors (Lipinski definition) is 2. The van der Waals surface area contributed by atoms with E-state index in [0.717, 1.165) is 12.4 Å². The Morgan fingerprint density at radius 3 is 2.91 bits per heavy atom. The van der Waals surface area contributed by atoms with Crippen molar-refractivity contribution in [2.75, 3.05) is 11.9 Å². The van der Waals surface area contributed by atoms with Crippen LogP contribution >= 0.6 is 11.3 Å². The molecule has 0 aromatic carbocycles. The SMILES string of the molecule is O=C(NCC1CCCCC1)c1csc(Nc2ccccn2)n1. The van der Waals surface area contributed by atoms with Crippen molar-refractivity contribution in [3.8, 4) is 0 Å². The van der Waals surface area contributed by atoms with Gasteiger partial charge in [0.05, 0.1) is 0 Å². The molecule has 0 spiro atoms. The summed E-state index contributed by atoms with van der Waals surface area (Å²) in [5.74, 6) is 1.27. The molecule has 1 aliphatic carbocycles. The van der Waals surface area contributed by atoms with Gasteiger partial charge in [-0.05, 0) is 30.9 Å². The van der Waals surface area contributed by atoms with Crippen LogP contribution in [0, 0.1) is 5.92 Å².